The fourth-order valence-corrected chi connectivity index (χ4v) is 5.31. The summed E-state index contributed by atoms with van der Waals surface area (Å²) in [5.74, 6) is 0.260. The first kappa shape index (κ1) is 23.2. The van der Waals surface area contributed by atoms with Crippen LogP contribution in [0.25, 0.3) is 10.8 Å². The molecule has 0 bridgehead atoms. The van der Waals surface area contributed by atoms with Crippen molar-refractivity contribution >= 4 is 39.4 Å². The van der Waals surface area contributed by atoms with E-state index in [1.165, 1.54) is 0 Å². The molecule has 0 aliphatic rings. The second-order valence-corrected chi connectivity index (χ2v) is 10.2. The Kier molecular flexibility index (Phi) is 7.92. The van der Waals surface area contributed by atoms with Crippen molar-refractivity contribution in [1.29, 1.82) is 0 Å². The van der Waals surface area contributed by atoms with Crippen LogP contribution < -0.4 is 4.72 Å². The average molecular weight is 475 g/mol. The van der Waals surface area contributed by atoms with Gasteiger partial charge in [0.05, 0.1) is 15.8 Å². The molecule has 0 aliphatic carbocycles. The van der Waals surface area contributed by atoms with Gasteiger partial charge in [-0.25, -0.2) is 9.19 Å². The highest BCUT2D eigenvalue weighted by atomic mass is 32.2. The van der Waals surface area contributed by atoms with Crippen molar-refractivity contribution in [3.05, 3.63) is 102 Å². The number of nitrogens with one attached hydrogen (secondary N) is 1. The van der Waals surface area contributed by atoms with Gasteiger partial charge in [-0.3, -0.25) is 9.52 Å². The average Bonchev–Trinajstić information content (AvgIpc) is 2.84. The number of nitrogens with zero attached hydrogens (tertiary/aromatic N) is 1. The van der Waals surface area contributed by atoms with Gasteiger partial charge in [0.25, 0.3) is 0 Å². The molecule has 1 heterocycles. The number of hydrogen-bond donors (Lipinski definition) is 1. The van der Waals surface area contributed by atoms with Gasteiger partial charge in [0.1, 0.15) is 0 Å². The SMILES string of the molecule is Cc1ccc(S(=O)NC(=O)C(CCCSc2ccccn2)c2ccc3ccccc3c2)cc1. The van der Waals surface area contributed by atoms with Gasteiger partial charge >= 0.3 is 0 Å². The van der Waals surface area contributed by atoms with Gasteiger partial charge in [0, 0.05) is 6.20 Å². The van der Waals surface area contributed by atoms with E-state index >= 15 is 0 Å². The van der Waals surface area contributed by atoms with Gasteiger partial charge < -0.3 is 0 Å². The van der Waals surface area contributed by atoms with Crippen LogP contribution in [-0.4, -0.2) is 20.9 Å². The normalized spacial score (nSPS) is 12.9. The predicted molar refractivity (Wildman–Crippen MR) is 137 cm³/mol. The zero-order valence-electron chi connectivity index (χ0n) is 18.4. The number of hydrogen-bond acceptors (Lipinski definition) is 4. The molecule has 6 heteroatoms. The maximum atomic E-state index is 13.3. The Hall–Kier alpha value is -2.96. The lowest BCUT2D eigenvalue weighted by molar-refractivity contribution is -0.120. The molecule has 0 aliphatic heterocycles. The number of thioether (sulfide) groups is 1. The molecule has 1 N–H and O–H groups in total. The molecule has 0 radical (unpaired) electrons. The third-order valence-corrected chi connectivity index (χ3v) is 7.56. The number of fused-ring (bicyclic) bond motifs is 1. The second kappa shape index (κ2) is 11.3. The highest BCUT2D eigenvalue weighted by Crippen LogP contribution is 2.27. The van der Waals surface area contributed by atoms with Crippen molar-refractivity contribution in [3.8, 4) is 0 Å². The molecular weight excluding hydrogens is 448 g/mol. The minimum Gasteiger partial charge on any atom is -0.273 e. The summed E-state index contributed by atoms with van der Waals surface area (Å²) in [6.07, 6.45) is 3.28. The van der Waals surface area contributed by atoms with Crippen LogP contribution in [0.4, 0.5) is 0 Å². The molecule has 2 unspecified atom stereocenters. The van der Waals surface area contributed by atoms with Gasteiger partial charge in [0.15, 0.2) is 11.0 Å². The molecule has 1 aromatic heterocycles. The van der Waals surface area contributed by atoms with Crippen molar-refractivity contribution in [1.82, 2.24) is 9.71 Å². The van der Waals surface area contributed by atoms with Crippen molar-refractivity contribution < 1.29 is 9.00 Å². The van der Waals surface area contributed by atoms with Crippen LogP contribution in [0.5, 0.6) is 0 Å². The van der Waals surface area contributed by atoms with Crippen LogP contribution in [0.3, 0.4) is 0 Å². The zero-order valence-corrected chi connectivity index (χ0v) is 20.1. The summed E-state index contributed by atoms with van der Waals surface area (Å²) in [5, 5.41) is 3.20. The highest BCUT2D eigenvalue weighted by Gasteiger charge is 2.23. The minimum absolute atomic E-state index is 0.216. The fraction of sp³-hybridized carbons (Fsp3) is 0.185. The van der Waals surface area contributed by atoms with Crippen LogP contribution in [0.2, 0.25) is 0 Å². The van der Waals surface area contributed by atoms with Crippen LogP contribution in [-0.2, 0) is 15.8 Å². The van der Waals surface area contributed by atoms with E-state index in [0.717, 1.165) is 39.1 Å². The van der Waals surface area contributed by atoms with E-state index in [0.29, 0.717) is 11.3 Å². The smallest absolute Gasteiger partial charge is 0.239 e. The standard InChI is InChI=1S/C27H26N2O2S2/c1-20-11-15-24(16-12-20)33(31)29-27(30)25(9-6-18-32-26-10-4-5-17-28-26)23-14-13-21-7-2-3-8-22(21)19-23/h2-5,7-8,10-17,19,25H,6,9,18H2,1H3,(H,29,30). The van der Waals surface area contributed by atoms with E-state index < -0.39 is 11.0 Å². The Morgan fingerprint density at radius 3 is 2.48 bits per heavy atom. The molecule has 4 aromatic rings. The summed E-state index contributed by atoms with van der Waals surface area (Å²) in [5.41, 5.74) is 2.02. The summed E-state index contributed by atoms with van der Waals surface area (Å²) >= 11 is 1.68. The Labute approximate surface area is 201 Å². The molecule has 0 saturated heterocycles. The van der Waals surface area contributed by atoms with Gasteiger partial charge in [-0.2, -0.15) is 0 Å². The van der Waals surface area contributed by atoms with Gasteiger partial charge in [-0.1, -0.05) is 66.2 Å². The Bertz CT molecular complexity index is 1240. The molecule has 3 aromatic carbocycles. The molecule has 0 fully saturated rings. The van der Waals surface area contributed by atoms with E-state index in [1.54, 1.807) is 30.1 Å². The lowest BCUT2D eigenvalue weighted by Crippen LogP contribution is -2.31. The first-order chi connectivity index (χ1) is 16.1. The summed E-state index contributed by atoms with van der Waals surface area (Å²) in [7, 11) is -1.60. The van der Waals surface area contributed by atoms with Crippen molar-refractivity contribution in [2.75, 3.05) is 5.75 Å². The molecule has 33 heavy (non-hydrogen) atoms. The van der Waals surface area contributed by atoms with E-state index in [9.17, 15) is 9.00 Å². The topological polar surface area (TPSA) is 59.1 Å². The summed E-state index contributed by atoms with van der Waals surface area (Å²) in [6.45, 7) is 1.98. The molecule has 2 atom stereocenters. The largest absolute Gasteiger partial charge is 0.273 e. The third-order valence-electron chi connectivity index (χ3n) is 5.45. The van der Waals surface area contributed by atoms with Crippen LogP contribution >= 0.6 is 11.8 Å². The molecule has 4 nitrogen and oxygen atoms in total. The minimum atomic E-state index is -1.60. The van der Waals surface area contributed by atoms with Crippen molar-refractivity contribution in [2.24, 2.45) is 0 Å². The maximum absolute atomic E-state index is 13.3. The molecule has 0 saturated carbocycles. The zero-order chi connectivity index (χ0) is 23.0. The number of carbonyl (C=O) groups excluding carboxylic acids is 1. The monoisotopic (exact) mass is 474 g/mol. The molecule has 1 amide bonds. The number of carbonyl (C=O) groups is 1. The lowest BCUT2D eigenvalue weighted by Gasteiger charge is -2.18. The first-order valence-electron chi connectivity index (χ1n) is 10.9. The predicted octanol–water partition coefficient (Wildman–Crippen LogP) is 6.04. The number of amides is 1. The number of rotatable bonds is 9. The molecule has 168 valence electrons. The third kappa shape index (κ3) is 6.30. The van der Waals surface area contributed by atoms with Gasteiger partial charge in [-0.05, 0) is 66.1 Å². The van der Waals surface area contributed by atoms with Crippen LogP contribution in [0.15, 0.2) is 101 Å². The van der Waals surface area contributed by atoms with E-state index in [1.807, 2.05) is 61.5 Å². The Balaban J connectivity index is 1.49. The number of aryl methyl sites for hydroxylation is 1. The summed E-state index contributed by atoms with van der Waals surface area (Å²) in [4.78, 5) is 18.2. The first-order valence-corrected chi connectivity index (χ1v) is 13.1. The van der Waals surface area contributed by atoms with Crippen LogP contribution in [0, 0.1) is 6.92 Å². The van der Waals surface area contributed by atoms with Gasteiger partial charge in [-0.15, -0.1) is 11.8 Å². The number of aromatic nitrogens is 1. The quantitative estimate of drug-likeness (QED) is 0.237. The van der Waals surface area contributed by atoms with Crippen LogP contribution in [0.1, 0.15) is 29.9 Å². The van der Waals surface area contributed by atoms with Gasteiger partial charge in [0.2, 0.25) is 5.91 Å². The second-order valence-electron chi connectivity index (χ2n) is 7.87. The maximum Gasteiger partial charge on any atom is 0.239 e. The van der Waals surface area contributed by atoms with E-state index in [-0.39, 0.29) is 11.8 Å². The van der Waals surface area contributed by atoms with E-state index in [2.05, 4.69) is 27.9 Å². The lowest BCUT2D eigenvalue weighted by atomic mass is 9.92. The van der Waals surface area contributed by atoms with Crippen molar-refractivity contribution in [3.63, 3.8) is 0 Å². The number of benzene rings is 3. The molecular formula is C27H26N2O2S2. The Morgan fingerprint density at radius 1 is 0.970 bits per heavy atom. The number of pyridine rings is 1. The molecule has 0 spiro atoms. The highest BCUT2D eigenvalue weighted by molar-refractivity contribution is 7.99. The Morgan fingerprint density at radius 2 is 1.73 bits per heavy atom. The van der Waals surface area contributed by atoms with E-state index in [4.69, 9.17) is 0 Å². The molecule has 4 rings (SSSR count). The van der Waals surface area contributed by atoms with Crippen molar-refractivity contribution in [2.45, 2.75) is 35.6 Å². The summed E-state index contributed by atoms with van der Waals surface area (Å²) < 4.78 is 15.5. The fourth-order valence-electron chi connectivity index (χ4n) is 3.65. The summed E-state index contributed by atoms with van der Waals surface area (Å²) in [6, 6.07) is 27.5.